The summed E-state index contributed by atoms with van der Waals surface area (Å²) in [4.78, 5) is 2.75. The predicted molar refractivity (Wildman–Crippen MR) is 52.2 cm³/mol. The second kappa shape index (κ2) is 3.78. The molecule has 0 spiro atoms. The minimum atomic E-state index is 0.974. The Hall–Kier alpha value is -0.0400. The van der Waals surface area contributed by atoms with Crippen LogP contribution in [0.4, 0.5) is 0 Å². The maximum atomic E-state index is 2.75. The summed E-state index contributed by atoms with van der Waals surface area (Å²) in [5.74, 6) is 1.06. The third kappa shape index (κ3) is 1.66. The van der Waals surface area contributed by atoms with E-state index in [1.165, 1.54) is 51.6 Å². The van der Waals surface area contributed by atoms with Crippen LogP contribution in [0.5, 0.6) is 0 Å². The van der Waals surface area contributed by atoms with Crippen LogP contribution < -0.4 is 0 Å². The van der Waals surface area contributed by atoms with Gasteiger partial charge in [0.25, 0.3) is 0 Å². The standard InChI is InChI=1S/C11H21N/c1-2-3-8-12-9-10-4-6-11(12)7-5-10/h10-11H,2-9H2,1H3. The van der Waals surface area contributed by atoms with Crippen LogP contribution in [0.2, 0.25) is 0 Å². The molecule has 0 aromatic carbocycles. The molecule has 0 atom stereocenters. The number of hydrogen-bond donors (Lipinski definition) is 0. The average molecular weight is 167 g/mol. The fourth-order valence-corrected chi connectivity index (χ4v) is 2.81. The van der Waals surface area contributed by atoms with E-state index in [1.54, 1.807) is 0 Å². The number of piperidine rings is 2. The lowest BCUT2D eigenvalue weighted by Crippen LogP contribution is -2.48. The summed E-state index contributed by atoms with van der Waals surface area (Å²) in [6, 6.07) is 0.974. The van der Waals surface area contributed by atoms with Crippen molar-refractivity contribution < 1.29 is 0 Å². The van der Waals surface area contributed by atoms with Crippen molar-refractivity contribution in [2.75, 3.05) is 13.1 Å². The highest BCUT2D eigenvalue weighted by Gasteiger charge is 2.32. The highest BCUT2D eigenvalue weighted by atomic mass is 15.2. The number of hydrogen-bond acceptors (Lipinski definition) is 1. The van der Waals surface area contributed by atoms with Crippen molar-refractivity contribution >= 4 is 0 Å². The zero-order valence-corrected chi connectivity index (χ0v) is 8.26. The number of fused-ring (bicyclic) bond motifs is 3. The fourth-order valence-electron chi connectivity index (χ4n) is 2.81. The molecule has 1 nitrogen and oxygen atoms in total. The summed E-state index contributed by atoms with van der Waals surface area (Å²) >= 11 is 0. The number of rotatable bonds is 3. The zero-order valence-electron chi connectivity index (χ0n) is 8.26. The van der Waals surface area contributed by atoms with Gasteiger partial charge in [-0.2, -0.15) is 0 Å². The van der Waals surface area contributed by atoms with Crippen LogP contribution in [0.25, 0.3) is 0 Å². The Morgan fingerprint density at radius 3 is 2.42 bits per heavy atom. The largest absolute Gasteiger partial charge is 0.300 e. The van der Waals surface area contributed by atoms with Gasteiger partial charge in [0.2, 0.25) is 0 Å². The van der Waals surface area contributed by atoms with Gasteiger partial charge in [0.05, 0.1) is 0 Å². The summed E-state index contributed by atoms with van der Waals surface area (Å²) < 4.78 is 0. The van der Waals surface area contributed by atoms with Gasteiger partial charge in [0.1, 0.15) is 0 Å². The molecular weight excluding hydrogens is 146 g/mol. The van der Waals surface area contributed by atoms with Gasteiger partial charge in [-0.3, -0.25) is 0 Å². The Kier molecular flexibility index (Phi) is 2.69. The molecule has 0 amide bonds. The third-order valence-corrected chi connectivity index (χ3v) is 3.62. The van der Waals surface area contributed by atoms with Gasteiger partial charge in [-0.25, -0.2) is 0 Å². The van der Waals surface area contributed by atoms with Crippen molar-refractivity contribution in [3.8, 4) is 0 Å². The number of nitrogens with zero attached hydrogens (tertiary/aromatic N) is 1. The molecule has 3 rings (SSSR count). The quantitative estimate of drug-likeness (QED) is 0.624. The van der Waals surface area contributed by atoms with Gasteiger partial charge in [0.15, 0.2) is 0 Å². The van der Waals surface area contributed by atoms with Crippen LogP contribution in [0.15, 0.2) is 0 Å². The van der Waals surface area contributed by atoms with Gasteiger partial charge >= 0.3 is 0 Å². The SMILES string of the molecule is CCCCN1CC2CCC1CC2. The van der Waals surface area contributed by atoms with Crippen molar-refractivity contribution in [3.05, 3.63) is 0 Å². The molecule has 1 saturated carbocycles. The molecule has 0 aromatic heterocycles. The highest BCUT2D eigenvalue weighted by Crippen LogP contribution is 2.34. The second-order valence-electron chi connectivity index (χ2n) is 4.52. The lowest BCUT2D eigenvalue weighted by molar-refractivity contribution is 0.0481. The van der Waals surface area contributed by atoms with Gasteiger partial charge in [-0.1, -0.05) is 13.3 Å². The molecule has 1 heteroatoms. The van der Waals surface area contributed by atoms with Crippen molar-refractivity contribution in [3.63, 3.8) is 0 Å². The van der Waals surface area contributed by atoms with Crippen molar-refractivity contribution in [1.82, 2.24) is 4.90 Å². The Morgan fingerprint density at radius 2 is 1.92 bits per heavy atom. The molecule has 0 radical (unpaired) electrons. The first-order valence-corrected chi connectivity index (χ1v) is 5.64. The van der Waals surface area contributed by atoms with Gasteiger partial charge in [-0.15, -0.1) is 0 Å². The van der Waals surface area contributed by atoms with Gasteiger partial charge < -0.3 is 4.90 Å². The summed E-state index contributed by atoms with van der Waals surface area (Å²) in [6.07, 6.45) is 8.79. The van der Waals surface area contributed by atoms with Crippen molar-refractivity contribution in [2.45, 2.75) is 51.5 Å². The Morgan fingerprint density at radius 1 is 1.17 bits per heavy atom. The molecule has 0 unspecified atom stereocenters. The van der Waals surface area contributed by atoms with E-state index in [-0.39, 0.29) is 0 Å². The van der Waals surface area contributed by atoms with E-state index in [0.717, 1.165) is 12.0 Å². The van der Waals surface area contributed by atoms with E-state index >= 15 is 0 Å². The first-order chi connectivity index (χ1) is 5.90. The Bertz CT molecular complexity index is 136. The van der Waals surface area contributed by atoms with Crippen LogP contribution in [0.1, 0.15) is 45.4 Å². The highest BCUT2D eigenvalue weighted by molar-refractivity contribution is 4.87. The zero-order chi connectivity index (χ0) is 8.39. The monoisotopic (exact) mass is 167 g/mol. The lowest BCUT2D eigenvalue weighted by Gasteiger charge is -2.45. The fraction of sp³-hybridized carbons (Fsp3) is 1.00. The molecule has 12 heavy (non-hydrogen) atoms. The second-order valence-corrected chi connectivity index (χ2v) is 4.52. The number of unbranched alkanes of at least 4 members (excludes halogenated alkanes) is 1. The predicted octanol–water partition coefficient (Wildman–Crippen LogP) is 2.66. The summed E-state index contributed by atoms with van der Waals surface area (Å²) in [6.45, 7) is 5.09. The molecule has 2 heterocycles. The van der Waals surface area contributed by atoms with Crippen LogP contribution in [-0.2, 0) is 0 Å². The molecule has 1 aliphatic carbocycles. The molecule has 3 fully saturated rings. The molecule has 70 valence electrons. The van der Waals surface area contributed by atoms with E-state index in [2.05, 4.69) is 11.8 Å². The third-order valence-electron chi connectivity index (χ3n) is 3.62. The summed E-state index contributed by atoms with van der Waals surface area (Å²) in [5, 5.41) is 0. The first kappa shape index (κ1) is 8.55. The van der Waals surface area contributed by atoms with Crippen LogP contribution in [0, 0.1) is 5.92 Å². The van der Waals surface area contributed by atoms with Crippen molar-refractivity contribution in [1.29, 1.82) is 0 Å². The topological polar surface area (TPSA) is 3.24 Å². The maximum Gasteiger partial charge on any atom is 0.00955 e. The van der Waals surface area contributed by atoms with Gasteiger partial charge in [-0.05, 0) is 44.6 Å². The van der Waals surface area contributed by atoms with E-state index in [1.807, 2.05) is 0 Å². The van der Waals surface area contributed by atoms with Crippen LogP contribution >= 0.6 is 0 Å². The lowest BCUT2D eigenvalue weighted by atomic mass is 9.80. The molecule has 3 aliphatic rings. The molecular formula is C11H21N. The van der Waals surface area contributed by atoms with Crippen LogP contribution in [0.3, 0.4) is 0 Å². The smallest absolute Gasteiger partial charge is 0.00955 e. The maximum absolute atomic E-state index is 2.75. The molecule has 0 N–H and O–H groups in total. The first-order valence-electron chi connectivity index (χ1n) is 5.64. The molecule has 2 bridgehead atoms. The molecule has 2 saturated heterocycles. The average Bonchev–Trinajstić information content (AvgIpc) is 2.17. The minimum Gasteiger partial charge on any atom is -0.300 e. The normalized spacial score (nSPS) is 35.8. The van der Waals surface area contributed by atoms with E-state index in [0.29, 0.717) is 0 Å². The summed E-state index contributed by atoms with van der Waals surface area (Å²) in [5.41, 5.74) is 0. The Balaban J connectivity index is 1.82. The van der Waals surface area contributed by atoms with E-state index < -0.39 is 0 Å². The van der Waals surface area contributed by atoms with E-state index in [4.69, 9.17) is 0 Å². The minimum absolute atomic E-state index is 0.974. The van der Waals surface area contributed by atoms with Crippen molar-refractivity contribution in [2.24, 2.45) is 5.92 Å². The summed E-state index contributed by atoms with van der Waals surface area (Å²) in [7, 11) is 0. The van der Waals surface area contributed by atoms with E-state index in [9.17, 15) is 0 Å². The Labute approximate surface area is 76.1 Å². The van der Waals surface area contributed by atoms with Crippen LogP contribution in [-0.4, -0.2) is 24.0 Å². The van der Waals surface area contributed by atoms with Gasteiger partial charge in [0, 0.05) is 12.6 Å². The molecule has 2 aliphatic heterocycles. The molecule has 0 aromatic rings.